The molecule has 2 heterocycles. The summed E-state index contributed by atoms with van der Waals surface area (Å²) in [4.78, 5) is 4.01. The zero-order valence-corrected chi connectivity index (χ0v) is 12.9. The molecule has 2 N–H and O–H groups in total. The zero-order chi connectivity index (χ0) is 15.3. The van der Waals surface area contributed by atoms with Crippen molar-refractivity contribution in [3.05, 3.63) is 41.9 Å². The second-order valence-corrected chi connectivity index (χ2v) is 6.27. The number of hydrogen-bond acceptors (Lipinski definition) is 5. The summed E-state index contributed by atoms with van der Waals surface area (Å²) < 4.78 is 28.4. The first-order valence-corrected chi connectivity index (χ1v) is 8.13. The van der Waals surface area contributed by atoms with Gasteiger partial charge in [0.1, 0.15) is 0 Å². The van der Waals surface area contributed by atoms with Gasteiger partial charge in [0.15, 0.2) is 5.03 Å². The van der Waals surface area contributed by atoms with Crippen LogP contribution in [0.5, 0.6) is 0 Å². The second-order valence-electron chi connectivity index (χ2n) is 4.56. The van der Waals surface area contributed by atoms with Crippen LogP contribution in [0, 0.1) is 0 Å². The van der Waals surface area contributed by atoms with Crippen LogP contribution in [0.4, 0.5) is 0 Å². The lowest BCUT2D eigenvalue weighted by atomic mass is 10.3. The molecule has 0 saturated heterocycles. The maximum Gasteiger partial charge on any atom is 0.258 e. The number of hydrogen-bond donors (Lipinski definition) is 2. The summed E-state index contributed by atoms with van der Waals surface area (Å²) in [6, 6.07) is 5.03. The molecule has 0 aliphatic rings. The number of nitrogens with zero attached hydrogens (tertiary/aromatic N) is 3. The molecule has 0 radical (unpaired) electrons. The fourth-order valence-corrected chi connectivity index (χ4v) is 2.69. The van der Waals surface area contributed by atoms with Crippen LogP contribution >= 0.6 is 0 Å². The molecular formula is C13H19N5O2S. The molecule has 0 aliphatic heterocycles. The number of pyridine rings is 1. The molecule has 21 heavy (non-hydrogen) atoms. The lowest BCUT2D eigenvalue weighted by Gasteiger charge is -2.07. The van der Waals surface area contributed by atoms with Crippen molar-refractivity contribution in [2.75, 3.05) is 6.54 Å². The van der Waals surface area contributed by atoms with E-state index in [1.54, 1.807) is 36.3 Å². The van der Waals surface area contributed by atoms with Gasteiger partial charge < -0.3 is 5.32 Å². The molecule has 0 aromatic carbocycles. The summed E-state index contributed by atoms with van der Waals surface area (Å²) in [5, 5.41) is 7.17. The van der Waals surface area contributed by atoms with Gasteiger partial charge in [-0.25, -0.2) is 18.1 Å². The van der Waals surface area contributed by atoms with Crippen LogP contribution in [0.2, 0.25) is 0 Å². The lowest BCUT2D eigenvalue weighted by Crippen LogP contribution is -2.25. The van der Waals surface area contributed by atoms with Crippen LogP contribution in [0.3, 0.4) is 0 Å². The molecule has 0 saturated carbocycles. The molecule has 0 aliphatic carbocycles. The van der Waals surface area contributed by atoms with Crippen LogP contribution in [0.25, 0.3) is 0 Å². The smallest absolute Gasteiger partial charge is 0.258 e. The van der Waals surface area contributed by atoms with Crippen molar-refractivity contribution < 1.29 is 8.42 Å². The predicted molar refractivity (Wildman–Crippen MR) is 78.9 cm³/mol. The van der Waals surface area contributed by atoms with Crippen molar-refractivity contribution >= 4 is 10.0 Å². The lowest BCUT2D eigenvalue weighted by molar-refractivity contribution is 0.573. The van der Waals surface area contributed by atoms with Crippen molar-refractivity contribution in [2.45, 2.75) is 25.0 Å². The van der Waals surface area contributed by atoms with Gasteiger partial charge in [-0.05, 0) is 24.2 Å². The summed E-state index contributed by atoms with van der Waals surface area (Å²) in [7, 11) is -1.85. The van der Waals surface area contributed by atoms with Crippen LogP contribution in [0.15, 0.2) is 35.6 Å². The van der Waals surface area contributed by atoms with E-state index in [9.17, 15) is 8.42 Å². The summed E-state index contributed by atoms with van der Waals surface area (Å²) in [6.07, 6.45) is 3.19. The Balaban J connectivity index is 2.03. The third-order valence-electron chi connectivity index (χ3n) is 3.02. The molecule has 2 aromatic rings. The number of rotatable bonds is 7. The molecule has 0 amide bonds. The van der Waals surface area contributed by atoms with Crippen molar-refractivity contribution in [3.8, 4) is 0 Å². The van der Waals surface area contributed by atoms with Gasteiger partial charge in [0, 0.05) is 26.0 Å². The first-order chi connectivity index (χ1) is 10.0. The van der Waals surface area contributed by atoms with Gasteiger partial charge in [-0.3, -0.25) is 4.68 Å². The van der Waals surface area contributed by atoms with Crippen LogP contribution < -0.4 is 10.0 Å². The maximum absolute atomic E-state index is 12.1. The molecule has 8 heteroatoms. The Morgan fingerprint density at radius 3 is 2.62 bits per heavy atom. The van der Waals surface area contributed by atoms with Crippen LogP contribution in [-0.2, 0) is 30.2 Å². The minimum absolute atomic E-state index is 0.0184. The van der Waals surface area contributed by atoms with Gasteiger partial charge in [-0.2, -0.15) is 5.10 Å². The van der Waals surface area contributed by atoms with Crippen molar-refractivity contribution in [3.63, 3.8) is 0 Å². The number of aryl methyl sites for hydroxylation is 1. The molecule has 2 aromatic heterocycles. The van der Waals surface area contributed by atoms with Gasteiger partial charge in [0.2, 0.25) is 0 Å². The molecule has 0 atom stereocenters. The van der Waals surface area contributed by atoms with Gasteiger partial charge in [-0.15, -0.1) is 0 Å². The van der Waals surface area contributed by atoms with Crippen molar-refractivity contribution in [1.29, 1.82) is 0 Å². The molecule has 0 spiro atoms. The summed E-state index contributed by atoms with van der Waals surface area (Å²) in [5.74, 6) is 0. The molecular weight excluding hydrogens is 290 g/mol. The third kappa shape index (κ3) is 4.10. The molecule has 0 unspecified atom stereocenters. The Kier molecular flexibility index (Phi) is 5.05. The number of aromatic nitrogens is 3. The highest BCUT2D eigenvalue weighted by Crippen LogP contribution is 2.07. The highest BCUT2D eigenvalue weighted by Gasteiger charge is 2.15. The quantitative estimate of drug-likeness (QED) is 0.773. The average Bonchev–Trinajstić information content (AvgIpc) is 2.89. The predicted octanol–water partition coefficient (Wildman–Crippen LogP) is 0.403. The molecule has 114 valence electrons. The fourth-order valence-electron chi connectivity index (χ4n) is 1.76. The van der Waals surface area contributed by atoms with Crippen LogP contribution in [-0.4, -0.2) is 29.7 Å². The van der Waals surface area contributed by atoms with E-state index in [-0.39, 0.29) is 11.6 Å². The Hall–Kier alpha value is -1.77. The van der Waals surface area contributed by atoms with E-state index in [2.05, 4.69) is 20.1 Å². The van der Waals surface area contributed by atoms with E-state index in [0.717, 1.165) is 17.8 Å². The van der Waals surface area contributed by atoms with Crippen LogP contribution in [0.1, 0.15) is 18.2 Å². The van der Waals surface area contributed by atoms with Crippen molar-refractivity contribution in [1.82, 2.24) is 24.8 Å². The Morgan fingerprint density at radius 2 is 2.05 bits per heavy atom. The Bertz CT molecular complexity index is 679. The molecule has 2 rings (SSSR count). The van der Waals surface area contributed by atoms with Gasteiger partial charge >= 0.3 is 0 Å². The van der Waals surface area contributed by atoms with Gasteiger partial charge in [0.05, 0.1) is 12.2 Å². The van der Waals surface area contributed by atoms with E-state index < -0.39 is 10.0 Å². The first kappa shape index (κ1) is 15.6. The molecule has 7 nitrogen and oxygen atoms in total. The van der Waals surface area contributed by atoms with E-state index in [1.807, 2.05) is 6.92 Å². The number of nitrogens with one attached hydrogen (secondary N) is 2. The zero-order valence-electron chi connectivity index (χ0n) is 12.1. The summed E-state index contributed by atoms with van der Waals surface area (Å²) in [6.45, 7) is 3.72. The highest BCUT2D eigenvalue weighted by atomic mass is 32.2. The van der Waals surface area contributed by atoms with E-state index in [0.29, 0.717) is 6.54 Å². The summed E-state index contributed by atoms with van der Waals surface area (Å²) >= 11 is 0. The summed E-state index contributed by atoms with van der Waals surface area (Å²) in [5.41, 5.74) is 1.73. The van der Waals surface area contributed by atoms with E-state index >= 15 is 0 Å². The van der Waals surface area contributed by atoms with E-state index in [1.165, 1.54) is 6.07 Å². The maximum atomic E-state index is 12.1. The van der Waals surface area contributed by atoms with Gasteiger partial charge in [0.25, 0.3) is 10.0 Å². The standard InChI is InChI=1S/C13H19N5O2S/c1-3-14-8-11-4-5-13(15-9-11)21(19,20)17-10-12-6-7-16-18(12)2/h4-7,9,14,17H,3,8,10H2,1-2H3. The topological polar surface area (TPSA) is 88.9 Å². The fraction of sp³-hybridized carbons (Fsp3) is 0.385. The third-order valence-corrected chi connectivity index (χ3v) is 4.33. The monoisotopic (exact) mass is 309 g/mol. The SMILES string of the molecule is CCNCc1ccc(S(=O)(=O)NCc2ccnn2C)nc1. The largest absolute Gasteiger partial charge is 0.313 e. The average molecular weight is 309 g/mol. The van der Waals surface area contributed by atoms with Crippen molar-refractivity contribution in [2.24, 2.45) is 7.05 Å². The van der Waals surface area contributed by atoms with Gasteiger partial charge in [-0.1, -0.05) is 13.0 Å². The Morgan fingerprint density at radius 1 is 1.24 bits per heavy atom. The molecule has 0 bridgehead atoms. The molecule has 0 fully saturated rings. The minimum atomic E-state index is -3.61. The number of sulfonamides is 1. The first-order valence-electron chi connectivity index (χ1n) is 6.65. The Labute approximate surface area is 124 Å². The second kappa shape index (κ2) is 6.79. The highest BCUT2D eigenvalue weighted by molar-refractivity contribution is 7.89. The minimum Gasteiger partial charge on any atom is -0.313 e. The van der Waals surface area contributed by atoms with E-state index in [4.69, 9.17) is 0 Å². The normalized spacial score (nSPS) is 11.7.